The molecule has 0 aliphatic rings. The number of aromatic amines is 1. The minimum atomic E-state index is -0.323. The van der Waals surface area contributed by atoms with Gasteiger partial charge in [0, 0.05) is 31.1 Å². The second-order valence-electron chi connectivity index (χ2n) is 3.69. The Kier molecular flexibility index (Phi) is 2.78. The van der Waals surface area contributed by atoms with Crippen LogP contribution in [0.15, 0.2) is 24.5 Å². The summed E-state index contributed by atoms with van der Waals surface area (Å²) in [5.41, 5.74) is 0.817. The summed E-state index contributed by atoms with van der Waals surface area (Å²) < 4.78 is 1.59. The molecule has 0 bridgehead atoms. The number of nitrogens with one attached hydrogen (secondary N) is 2. The quantitative estimate of drug-likeness (QED) is 0.780. The van der Waals surface area contributed by atoms with Crippen LogP contribution in [0.2, 0.25) is 0 Å². The van der Waals surface area contributed by atoms with E-state index in [0.29, 0.717) is 17.1 Å². The minimum absolute atomic E-state index is 0.0851. The molecule has 0 saturated carbocycles. The second kappa shape index (κ2) is 4.25. The maximum Gasteiger partial charge on any atom is 0.273 e. The Hall–Kier alpha value is -2.37. The van der Waals surface area contributed by atoms with Crippen molar-refractivity contribution in [2.24, 2.45) is 7.05 Å². The second-order valence-corrected chi connectivity index (χ2v) is 3.69. The van der Waals surface area contributed by atoms with Gasteiger partial charge < -0.3 is 10.3 Å². The molecular weight excluding hydrogens is 220 g/mol. The van der Waals surface area contributed by atoms with E-state index in [2.05, 4.69) is 15.4 Å². The van der Waals surface area contributed by atoms with Gasteiger partial charge in [-0.05, 0) is 13.0 Å². The highest BCUT2D eigenvalue weighted by Gasteiger charge is 2.11. The van der Waals surface area contributed by atoms with Gasteiger partial charge in [-0.2, -0.15) is 5.10 Å². The SMILES string of the molecule is CC(=O)c1c[nH]c(C(=O)Nc2ccn(C)n2)c1. The van der Waals surface area contributed by atoms with Gasteiger partial charge in [0.25, 0.3) is 5.91 Å². The standard InChI is InChI=1S/C11H12N4O2/c1-7(16)8-5-9(12-6-8)11(17)13-10-3-4-15(2)14-10/h3-6,12H,1-2H3,(H,13,14,17). The molecule has 0 aliphatic heterocycles. The number of hydrogen-bond acceptors (Lipinski definition) is 3. The van der Waals surface area contributed by atoms with E-state index in [9.17, 15) is 9.59 Å². The smallest absolute Gasteiger partial charge is 0.273 e. The number of H-pyrrole nitrogens is 1. The van der Waals surface area contributed by atoms with Crippen molar-refractivity contribution in [1.29, 1.82) is 0 Å². The van der Waals surface area contributed by atoms with Crippen molar-refractivity contribution < 1.29 is 9.59 Å². The third-order valence-corrected chi connectivity index (χ3v) is 2.29. The zero-order valence-corrected chi connectivity index (χ0v) is 9.52. The third kappa shape index (κ3) is 2.41. The molecule has 0 atom stereocenters. The average Bonchev–Trinajstić information content (AvgIpc) is 2.86. The Morgan fingerprint density at radius 3 is 2.76 bits per heavy atom. The molecule has 88 valence electrons. The molecule has 0 aromatic carbocycles. The summed E-state index contributed by atoms with van der Waals surface area (Å²) in [4.78, 5) is 25.6. The number of aromatic nitrogens is 3. The van der Waals surface area contributed by atoms with Crippen LogP contribution in [0.5, 0.6) is 0 Å². The summed E-state index contributed by atoms with van der Waals surface area (Å²) in [5, 5.41) is 6.64. The first-order valence-corrected chi connectivity index (χ1v) is 5.06. The lowest BCUT2D eigenvalue weighted by Crippen LogP contribution is -2.12. The van der Waals surface area contributed by atoms with E-state index in [1.807, 2.05) is 0 Å². The maximum atomic E-state index is 11.8. The molecule has 6 nitrogen and oxygen atoms in total. The highest BCUT2D eigenvalue weighted by molar-refractivity contribution is 6.04. The molecule has 2 aromatic rings. The Morgan fingerprint density at radius 2 is 2.24 bits per heavy atom. The van der Waals surface area contributed by atoms with Crippen molar-refractivity contribution >= 4 is 17.5 Å². The molecule has 2 aromatic heterocycles. The lowest BCUT2D eigenvalue weighted by atomic mass is 10.2. The van der Waals surface area contributed by atoms with Gasteiger partial charge in [0.2, 0.25) is 0 Å². The van der Waals surface area contributed by atoms with Crippen molar-refractivity contribution in [3.63, 3.8) is 0 Å². The van der Waals surface area contributed by atoms with Crippen molar-refractivity contribution in [3.8, 4) is 0 Å². The van der Waals surface area contributed by atoms with Gasteiger partial charge in [0.05, 0.1) is 0 Å². The lowest BCUT2D eigenvalue weighted by molar-refractivity contribution is 0.101. The average molecular weight is 232 g/mol. The number of ketones is 1. The van der Waals surface area contributed by atoms with Crippen LogP contribution >= 0.6 is 0 Å². The molecule has 0 unspecified atom stereocenters. The number of nitrogens with zero attached hydrogens (tertiary/aromatic N) is 2. The number of Topliss-reactive ketones (excluding diaryl/α,β-unsaturated/α-hetero) is 1. The highest BCUT2D eigenvalue weighted by atomic mass is 16.2. The molecule has 2 N–H and O–H groups in total. The zero-order valence-electron chi connectivity index (χ0n) is 9.52. The monoisotopic (exact) mass is 232 g/mol. The third-order valence-electron chi connectivity index (χ3n) is 2.29. The first-order valence-electron chi connectivity index (χ1n) is 5.06. The number of carbonyl (C=O) groups excluding carboxylic acids is 2. The van der Waals surface area contributed by atoms with E-state index in [-0.39, 0.29) is 11.7 Å². The summed E-state index contributed by atoms with van der Waals surface area (Å²) in [6, 6.07) is 3.20. The van der Waals surface area contributed by atoms with E-state index in [0.717, 1.165) is 0 Å². The van der Waals surface area contributed by atoms with Crippen LogP contribution in [0.1, 0.15) is 27.8 Å². The molecule has 17 heavy (non-hydrogen) atoms. The van der Waals surface area contributed by atoms with Gasteiger partial charge in [-0.15, -0.1) is 0 Å². The normalized spacial score (nSPS) is 10.2. The molecule has 0 saturated heterocycles. The Bertz CT molecular complexity index is 568. The molecule has 2 rings (SSSR count). The van der Waals surface area contributed by atoms with Gasteiger partial charge in [0.1, 0.15) is 5.69 Å². The lowest BCUT2D eigenvalue weighted by Gasteiger charge is -1.98. The summed E-state index contributed by atoms with van der Waals surface area (Å²) in [5.74, 6) is 0.0609. The predicted molar refractivity (Wildman–Crippen MR) is 62.0 cm³/mol. The first-order chi connectivity index (χ1) is 8.06. The number of amides is 1. The number of hydrogen-bond donors (Lipinski definition) is 2. The molecule has 0 radical (unpaired) electrons. The molecular formula is C11H12N4O2. The van der Waals surface area contributed by atoms with Crippen LogP contribution in [-0.4, -0.2) is 26.5 Å². The number of aryl methyl sites for hydroxylation is 1. The minimum Gasteiger partial charge on any atom is -0.356 e. The fourth-order valence-electron chi connectivity index (χ4n) is 1.39. The van der Waals surface area contributed by atoms with Crippen LogP contribution in [0, 0.1) is 0 Å². The van der Waals surface area contributed by atoms with Crippen molar-refractivity contribution in [3.05, 3.63) is 35.8 Å². The molecule has 0 spiro atoms. The Morgan fingerprint density at radius 1 is 1.47 bits per heavy atom. The van der Waals surface area contributed by atoms with Crippen molar-refractivity contribution in [2.45, 2.75) is 6.92 Å². The predicted octanol–water partition coefficient (Wildman–Crippen LogP) is 1.20. The Labute approximate surface area is 97.6 Å². The van der Waals surface area contributed by atoms with Crippen LogP contribution in [0.4, 0.5) is 5.82 Å². The number of carbonyl (C=O) groups is 2. The van der Waals surface area contributed by atoms with E-state index >= 15 is 0 Å². The summed E-state index contributed by atoms with van der Waals surface area (Å²) in [6.45, 7) is 1.45. The van der Waals surface area contributed by atoms with Crippen LogP contribution in [-0.2, 0) is 7.05 Å². The van der Waals surface area contributed by atoms with Gasteiger partial charge >= 0.3 is 0 Å². The molecule has 0 aliphatic carbocycles. The van der Waals surface area contributed by atoms with E-state index < -0.39 is 0 Å². The fourth-order valence-corrected chi connectivity index (χ4v) is 1.39. The Balaban J connectivity index is 2.11. The zero-order chi connectivity index (χ0) is 12.4. The molecule has 0 fully saturated rings. The van der Waals surface area contributed by atoms with Crippen LogP contribution < -0.4 is 5.32 Å². The van der Waals surface area contributed by atoms with Gasteiger partial charge in [0.15, 0.2) is 11.6 Å². The van der Waals surface area contributed by atoms with E-state index in [1.165, 1.54) is 19.2 Å². The van der Waals surface area contributed by atoms with Crippen LogP contribution in [0.3, 0.4) is 0 Å². The number of anilines is 1. The highest BCUT2D eigenvalue weighted by Crippen LogP contribution is 2.08. The summed E-state index contributed by atoms with van der Waals surface area (Å²) in [6.07, 6.45) is 3.24. The summed E-state index contributed by atoms with van der Waals surface area (Å²) >= 11 is 0. The molecule has 1 amide bonds. The molecule has 6 heteroatoms. The van der Waals surface area contributed by atoms with Gasteiger partial charge in [-0.3, -0.25) is 14.3 Å². The first kappa shape index (κ1) is 11.1. The summed E-state index contributed by atoms with van der Waals surface area (Å²) in [7, 11) is 1.76. The van der Waals surface area contributed by atoms with Gasteiger partial charge in [-0.25, -0.2) is 0 Å². The van der Waals surface area contributed by atoms with Crippen molar-refractivity contribution in [2.75, 3.05) is 5.32 Å². The van der Waals surface area contributed by atoms with E-state index in [1.54, 1.807) is 24.0 Å². The molecule has 2 heterocycles. The van der Waals surface area contributed by atoms with E-state index in [4.69, 9.17) is 0 Å². The topological polar surface area (TPSA) is 79.8 Å². The fraction of sp³-hybridized carbons (Fsp3) is 0.182. The number of rotatable bonds is 3. The van der Waals surface area contributed by atoms with Crippen molar-refractivity contribution in [1.82, 2.24) is 14.8 Å². The maximum absolute atomic E-state index is 11.8. The van der Waals surface area contributed by atoms with Gasteiger partial charge in [-0.1, -0.05) is 0 Å². The largest absolute Gasteiger partial charge is 0.356 e. The van der Waals surface area contributed by atoms with Crippen LogP contribution in [0.25, 0.3) is 0 Å².